The molecule has 0 aliphatic rings. The van der Waals surface area contributed by atoms with Crippen LogP contribution in [0.1, 0.15) is 16.7 Å². The molecule has 3 aromatic carbocycles. The first-order valence-corrected chi connectivity index (χ1v) is 11.4. The maximum absolute atomic E-state index is 6.22. The third-order valence-corrected chi connectivity index (χ3v) is 5.89. The normalized spacial score (nSPS) is 11.8. The molecule has 0 aromatic heterocycles. The monoisotopic (exact) mass is 521 g/mol. The van der Waals surface area contributed by atoms with Crippen molar-refractivity contribution in [2.45, 2.75) is 12.4 Å². The van der Waals surface area contributed by atoms with Gasteiger partial charge in [-0.15, -0.1) is 5.10 Å². The molecule has 0 heterocycles. The highest BCUT2D eigenvalue weighted by Crippen LogP contribution is 2.26. The van der Waals surface area contributed by atoms with E-state index in [2.05, 4.69) is 26.1 Å². The second-order valence-electron chi connectivity index (χ2n) is 6.16. The predicted molar refractivity (Wildman–Crippen MR) is 132 cm³/mol. The summed E-state index contributed by atoms with van der Waals surface area (Å²) in [5, 5.41) is 9.71. The van der Waals surface area contributed by atoms with Crippen molar-refractivity contribution in [2.75, 3.05) is 0 Å². The molecule has 0 atom stereocenters. The average Bonchev–Trinajstić information content (AvgIpc) is 2.73. The predicted octanol–water partition coefficient (Wildman–Crippen LogP) is 6.92. The second kappa shape index (κ2) is 11.4. The third kappa shape index (κ3) is 7.06. The highest BCUT2D eigenvalue weighted by molar-refractivity contribution is 9.10. The first-order chi connectivity index (χ1) is 14.5. The molecule has 0 saturated carbocycles. The fourth-order valence-electron chi connectivity index (χ4n) is 2.45. The van der Waals surface area contributed by atoms with Gasteiger partial charge in [-0.1, -0.05) is 87.3 Å². The van der Waals surface area contributed by atoms with E-state index in [1.807, 2.05) is 54.6 Å². The van der Waals surface area contributed by atoms with E-state index in [0.29, 0.717) is 27.6 Å². The number of amidine groups is 1. The molecule has 0 saturated heterocycles. The maximum atomic E-state index is 6.22. The Balaban J connectivity index is 1.65. The van der Waals surface area contributed by atoms with Crippen LogP contribution in [0, 0.1) is 0 Å². The van der Waals surface area contributed by atoms with Crippen LogP contribution in [0.5, 0.6) is 5.75 Å². The first kappa shape index (κ1) is 22.7. The van der Waals surface area contributed by atoms with E-state index >= 15 is 0 Å². The maximum Gasteiger partial charge on any atom is 0.180 e. The van der Waals surface area contributed by atoms with Crippen LogP contribution in [-0.4, -0.2) is 11.4 Å². The topological polar surface area (TPSA) is 60.0 Å². The Hall–Kier alpha value is -1.99. The molecule has 0 fully saturated rings. The summed E-state index contributed by atoms with van der Waals surface area (Å²) in [6, 6.07) is 21.0. The molecule has 0 radical (unpaired) electrons. The summed E-state index contributed by atoms with van der Waals surface area (Å²) < 4.78 is 6.84. The Bertz CT molecular complexity index is 1060. The van der Waals surface area contributed by atoms with Gasteiger partial charge in [-0.25, -0.2) is 0 Å². The molecule has 0 spiro atoms. The Morgan fingerprint density at radius 1 is 1.07 bits per heavy atom. The summed E-state index contributed by atoms with van der Waals surface area (Å²) in [6.07, 6.45) is 1.61. The number of halogens is 3. The summed E-state index contributed by atoms with van der Waals surface area (Å²) in [5.41, 5.74) is 8.73. The van der Waals surface area contributed by atoms with Crippen molar-refractivity contribution in [1.29, 1.82) is 0 Å². The van der Waals surface area contributed by atoms with Gasteiger partial charge in [-0.2, -0.15) is 5.10 Å². The minimum atomic E-state index is 0.302. The van der Waals surface area contributed by atoms with Crippen molar-refractivity contribution in [3.8, 4) is 5.75 Å². The van der Waals surface area contributed by atoms with E-state index in [1.165, 1.54) is 17.3 Å². The van der Waals surface area contributed by atoms with Crippen molar-refractivity contribution < 1.29 is 4.74 Å². The van der Waals surface area contributed by atoms with Crippen LogP contribution in [0.4, 0.5) is 0 Å². The molecule has 3 aromatic rings. The Kier molecular flexibility index (Phi) is 8.63. The number of nitrogens with zero attached hydrogens (tertiary/aromatic N) is 2. The van der Waals surface area contributed by atoms with E-state index in [9.17, 15) is 0 Å². The van der Waals surface area contributed by atoms with Crippen LogP contribution in [0.25, 0.3) is 0 Å². The lowest BCUT2D eigenvalue weighted by Gasteiger charge is -2.10. The summed E-state index contributed by atoms with van der Waals surface area (Å²) in [7, 11) is 0. The molecule has 0 aliphatic carbocycles. The number of hydrogen-bond acceptors (Lipinski definition) is 4. The van der Waals surface area contributed by atoms with Gasteiger partial charge in [-0.3, -0.25) is 0 Å². The lowest BCUT2D eigenvalue weighted by molar-refractivity contribution is 0.306. The summed E-state index contributed by atoms with van der Waals surface area (Å²) >= 11 is 17.1. The van der Waals surface area contributed by atoms with Gasteiger partial charge < -0.3 is 10.5 Å². The lowest BCUT2D eigenvalue weighted by Crippen LogP contribution is -2.06. The van der Waals surface area contributed by atoms with E-state index in [-0.39, 0.29) is 0 Å². The number of rotatable bonds is 7. The average molecular weight is 523 g/mol. The summed E-state index contributed by atoms with van der Waals surface area (Å²) in [4.78, 5) is 0. The number of ether oxygens (including phenoxy) is 1. The Labute approximate surface area is 198 Å². The molecule has 3 rings (SSSR count). The quantitative estimate of drug-likeness (QED) is 0.208. The molecule has 2 N–H and O–H groups in total. The van der Waals surface area contributed by atoms with Crippen LogP contribution in [0.3, 0.4) is 0 Å². The van der Waals surface area contributed by atoms with Gasteiger partial charge in [-0.05, 0) is 35.9 Å². The molecule has 154 valence electrons. The smallest absolute Gasteiger partial charge is 0.180 e. The van der Waals surface area contributed by atoms with Gasteiger partial charge >= 0.3 is 0 Å². The number of thioether (sulfide) groups is 1. The number of benzene rings is 3. The molecule has 0 aliphatic heterocycles. The molecular formula is C22H18BrCl2N3OS. The van der Waals surface area contributed by atoms with Crippen molar-refractivity contribution >= 4 is 62.3 Å². The summed E-state index contributed by atoms with van der Waals surface area (Å²) in [6.45, 7) is 0.302. The van der Waals surface area contributed by atoms with Gasteiger partial charge in [0.2, 0.25) is 0 Å². The van der Waals surface area contributed by atoms with E-state index in [4.69, 9.17) is 33.7 Å². The minimum absolute atomic E-state index is 0.302. The fraction of sp³-hybridized carbons (Fsp3) is 0.0909. The third-order valence-electron chi connectivity index (χ3n) is 3.95. The van der Waals surface area contributed by atoms with Crippen LogP contribution < -0.4 is 10.5 Å². The molecule has 8 heteroatoms. The zero-order valence-corrected chi connectivity index (χ0v) is 19.7. The van der Waals surface area contributed by atoms with Gasteiger partial charge in [0.1, 0.15) is 12.4 Å². The molecular weight excluding hydrogens is 505 g/mol. The van der Waals surface area contributed by atoms with Crippen LogP contribution in [0.15, 0.2) is 81.4 Å². The highest BCUT2D eigenvalue weighted by atomic mass is 79.9. The zero-order valence-electron chi connectivity index (χ0n) is 15.8. The molecule has 0 amide bonds. The van der Waals surface area contributed by atoms with Gasteiger partial charge in [0.05, 0.1) is 6.21 Å². The number of hydrogen-bond donors (Lipinski definition) is 1. The van der Waals surface area contributed by atoms with Crippen LogP contribution >= 0.6 is 50.9 Å². The highest BCUT2D eigenvalue weighted by Gasteiger charge is 2.06. The lowest BCUT2D eigenvalue weighted by atomic mass is 10.2. The fourth-order valence-corrected chi connectivity index (χ4v) is 3.91. The largest absolute Gasteiger partial charge is 0.488 e. The van der Waals surface area contributed by atoms with Crippen molar-refractivity contribution in [3.05, 3.63) is 97.9 Å². The van der Waals surface area contributed by atoms with Gasteiger partial charge in [0.25, 0.3) is 0 Å². The van der Waals surface area contributed by atoms with Crippen molar-refractivity contribution in [2.24, 2.45) is 15.9 Å². The van der Waals surface area contributed by atoms with Gasteiger partial charge in [0, 0.05) is 31.4 Å². The van der Waals surface area contributed by atoms with E-state index in [0.717, 1.165) is 21.4 Å². The molecule has 30 heavy (non-hydrogen) atoms. The Morgan fingerprint density at radius 2 is 1.87 bits per heavy atom. The van der Waals surface area contributed by atoms with Crippen molar-refractivity contribution in [3.63, 3.8) is 0 Å². The standard InChI is InChI=1S/C22H18BrCl2N3OS/c23-18-7-9-21(29-13-16-6-8-19(24)11-20(16)25)17(10-18)12-27-28-22(26)30-14-15-4-2-1-3-5-15/h1-12H,13-14H2,(H2,26,28). The van der Waals surface area contributed by atoms with E-state index < -0.39 is 0 Å². The SMILES string of the molecule is NC(=NN=Cc1cc(Br)ccc1OCc1ccc(Cl)cc1Cl)SCc1ccccc1. The Morgan fingerprint density at radius 3 is 2.63 bits per heavy atom. The first-order valence-electron chi connectivity index (χ1n) is 8.91. The molecule has 4 nitrogen and oxygen atoms in total. The molecule has 0 bridgehead atoms. The van der Waals surface area contributed by atoms with Crippen molar-refractivity contribution in [1.82, 2.24) is 0 Å². The zero-order chi connectivity index (χ0) is 21.3. The second-order valence-corrected chi connectivity index (χ2v) is 8.92. The van der Waals surface area contributed by atoms with Crippen LogP contribution in [-0.2, 0) is 12.4 Å². The minimum Gasteiger partial charge on any atom is -0.488 e. The molecule has 0 unspecified atom stereocenters. The summed E-state index contributed by atoms with van der Waals surface area (Å²) in [5.74, 6) is 1.39. The number of nitrogens with two attached hydrogens (primary N) is 1. The van der Waals surface area contributed by atoms with Crippen LogP contribution in [0.2, 0.25) is 10.0 Å². The van der Waals surface area contributed by atoms with Gasteiger partial charge in [0.15, 0.2) is 5.17 Å². The van der Waals surface area contributed by atoms with E-state index in [1.54, 1.807) is 18.3 Å².